The van der Waals surface area contributed by atoms with Gasteiger partial charge in [-0.3, -0.25) is 0 Å². The Balaban J connectivity index is 1.80. The van der Waals surface area contributed by atoms with Crippen molar-refractivity contribution < 1.29 is 0 Å². The van der Waals surface area contributed by atoms with Crippen LogP contribution < -0.4 is 5.32 Å². The Morgan fingerprint density at radius 3 is 2.62 bits per heavy atom. The molecule has 2 heterocycles. The van der Waals surface area contributed by atoms with Crippen LogP contribution in [0.2, 0.25) is 0 Å². The molecule has 0 amide bonds. The summed E-state index contributed by atoms with van der Waals surface area (Å²) in [5.41, 5.74) is 0. The summed E-state index contributed by atoms with van der Waals surface area (Å²) in [4.78, 5) is 0. The average Bonchev–Trinajstić information content (AvgIpc) is 2.80. The second-order valence-corrected chi connectivity index (χ2v) is 5.20. The van der Waals surface area contributed by atoms with Crippen molar-refractivity contribution >= 4 is 0 Å². The molecule has 1 saturated carbocycles. The molecule has 88 valence electrons. The van der Waals surface area contributed by atoms with E-state index in [1.165, 1.54) is 31.5 Å². The first-order valence-corrected chi connectivity index (χ1v) is 6.45. The lowest BCUT2D eigenvalue weighted by Crippen LogP contribution is -2.43. The van der Waals surface area contributed by atoms with Crippen molar-refractivity contribution in [1.29, 1.82) is 0 Å². The van der Waals surface area contributed by atoms with Gasteiger partial charge in [-0.2, -0.15) is 0 Å². The van der Waals surface area contributed by atoms with E-state index in [4.69, 9.17) is 0 Å². The molecule has 0 radical (unpaired) electrons. The summed E-state index contributed by atoms with van der Waals surface area (Å²) >= 11 is 0. The highest BCUT2D eigenvalue weighted by molar-refractivity contribution is 5.01. The zero-order chi connectivity index (χ0) is 11.0. The Morgan fingerprint density at radius 2 is 2.00 bits per heavy atom. The lowest BCUT2D eigenvalue weighted by molar-refractivity contribution is 0.331. The van der Waals surface area contributed by atoms with E-state index in [-0.39, 0.29) is 0 Å². The van der Waals surface area contributed by atoms with Crippen LogP contribution in [-0.4, -0.2) is 27.9 Å². The summed E-state index contributed by atoms with van der Waals surface area (Å²) < 4.78 is 2.41. The predicted molar refractivity (Wildman–Crippen MR) is 62.3 cm³/mol. The number of aromatic nitrogens is 3. The van der Waals surface area contributed by atoms with Crippen LogP contribution in [0.1, 0.15) is 43.4 Å². The molecule has 1 aliphatic carbocycles. The van der Waals surface area contributed by atoms with Crippen LogP contribution in [0.3, 0.4) is 0 Å². The molecule has 1 aromatic heterocycles. The molecular weight excluding hydrogens is 200 g/mol. The molecule has 4 nitrogen and oxygen atoms in total. The quantitative estimate of drug-likeness (QED) is 0.838. The molecule has 0 unspecified atom stereocenters. The molecule has 2 fully saturated rings. The van der Waals surface area contributed by atoms with E-state index in [0.717, 1.165) is 31.3 Å². The summed E-state index contributed by atoms with van der Waals surface area (Å²) in [6.07, 6.45) is 6.47. The van der Waals surface area contributed by atoms with E-state index in [2.05, 4.69) is 27.0 Å². The third-order valence-corrected chi connectivity index (χ3v) is 3.96. The number of rotatable bonds is 3. The molecule has 3 rings (SSSR count). The number of nitrogens with one attached hydrogen (secondary N) is 1. The van der Waals surface area contributed by atoms with Gasteiger partial charge in [0.05, 0.1) is 0 Å². The van der Waals surface area contributed by atoms with Gasteiger partial charge in [0.25, 0.3) is 0 Å². The Morgan fingerprint density at radius 1 is 1.25 bits per heavy atom. The zero-order valence-electron chi connectivity index (χ0n) is 9.95. The molecule has 0 atom stereocenters. The Kier molecular flexibility index (Phi) is 2.67. The van der Waals surface area contributed by atoms with Crippen molar-refractivity contribution in [3.8, 4) is 0 Å². The van der Waals surface area contributed by atoms with Crippen LogP contribution >= 0.6 is 0 Å². The molecule has 0 aromatic carbocycles. The molecule has 1 aromatic rings. The fourth-order valence-electron chi connectivity index (χ4n) is 2.94. The molecule has 2 aliphatic rings. The van der Waals surface area contributed by atoms with Gasteiger partial charge in [-0.1, -0.05) is 12.8 Å². The maximum atomic E-state index is 4.37. The minimum Gasteiger partial charge on any atom is -0.316 e. The largest absolute Gasteiger partial charge is 0.316 e. The number of hydrogen-bond donors (Lipinski definition) is 1. The summed E-state index contributed by atoms with van der Waals surface area (Å²) in [6, 6.07) is 0.679. The molecule has 1 saturated heterocycles. The monoisotopic (exact) mass is 220 g/mol. The first-order chi connectivity index (χ1) is 7.84. The van der Waals surface area contributed by atoms with Crippen LogP contribution in [0.5, 0.6) is 0 Å². The van der Waals surface area contributed by atoms with Gasteiger partial charge in [0, 0.05) is 12.5 Å². The summed E-state index contributed by atoms with van der Waals surface area (Å²) in [5.74, 6) is 3.11. The molecule has 0 bridgehead atoms. The van der Waals surface area contributed by atoms with Crippen molar-refractivity contribution in [2.24, 2.45) is 5.92 Å². The Hall–Kier alpha value is -0.900. The average molecular weight is 220 g/mol. The van der Waals surface area contributed by atoms with E-state index in [9.17, 15) is 0 Å². The van der Waals surface area contributed by atoms with Gasteiger partial charge in [-0.25, -0.2) is 0 Å². The number of hydrogen-bond acceptors (Lipinski definition) is 3. The maximum absolute atomic E-state index is 4.37. The van der Waals surface area contributed by atoms with Gasteiger partial charge >= 0.3 is 0 Å². The van der Waals surface area contributed by atoms with Crippen molar-refractivity contribution in [2.75, 3.05) is 13.1 Å². The Bertz CT molecular complexity index is 361. The van der Waals surface area contributed by atoms with Gasteiger partial charge in [-0.05, 0) is 38.8 Å². The van der Waals surface area contributed by atoms with E-state index in [1.807, 2.05) is 0 Å². The molecule has 16 heavy (non-hydrogen) atoms. The van der Waals surface area contributed by atoms with E-state index in [1.54, 1.807) is 0 Å². The summed E-state index contributed by atoms with van der Waals surface area (Å²) in [6.45, 7) is 4.39. The molecule has 0 spiro atoms. The third kappa shape index (κ3) is 1.75. The summed E-state index contributed by atoms with van der Waals surface area (Å²) in [7, 11) is 0. The van der Waals surface area contributed by atoms with Crippen molar-refractivity contribution in [3.63, 3.8) is 0 Å². The fraction of sp³-hybridized carbons (Fsp3) is 0.833. The standard InChI is InChI=1S/C12H20N4/c1-9-14-15-12(6-10-7-13-8-10)16(9)11-4-2-3-5-11/h10-11,13H,2-8H2,1H3. The van der Waals surface area contributed by atoms with Crippen LogP contribution in [0.4, 0.5) is 0 Å². The first-order valence-electron chi connectivity index (χ1n) is 6.45. The van der Waals surface area contributed by atoms with Gasteiger partial charge in [-0.15, -0.1) is 10.2 Å². The molecule has 1 aliphatic heterocycles. The van der Waals surface area contributed by atoms with Crippen molar-refractivity contribution in [3.05, 3.63) is 11.6 Å². The number of aryl methyl sites for hydroxylation is 1. The van der Waals surface area contributed by atoms with Gasteiger partial charge in [0.1, 0.15) is 11.6 Å². The molecular formula is C12H20N4. The highest BCUT2D eigenvalue weighted by atomic mass is 15.3. The fourth-order valence-corrected chi connectivity index (χ4v) is 2.94. The Labute approximate surface area is 96.4 Å². The van der Waals surface area contributed by atoms with E-state index in [0.29, 0.717) is 6.04 Å². The summed E-state index contributed by atoms with van der Waals surface area (Å²) in [5, 5.41) is 12.0. The molecule has 1 N–H and O–H groups in total. The van der Waals surface area contributed by atoms with E-state index >= 15 is 0 Å². The normalized spacial score (nSPS) is 22.6. The van der Waals surface area contributed by atoms with Crippen LogP contribution in [0.25, 0.3) is 0 Å². The van der Waals surface area contributed by atoms with Crippen LogP contribution in [-0.2, 0) is 6.42 Å². The lowest BCUT2D eigenvalue weighted by atomic mass is 9.99. The minimum atomic E-state index is 0.679. The van der Waals surface area contributed by atoms with Crippen LogP contribution in [0, 0.1) is 12.8 Å². The predicted octanol–water partition coefficient (Wildman–Crippen LogP) is 1.46. The van der Waals surface area contributed by atoms with Gasteiger partial charge in [0.2, 0.25) is 0 Å². The third-order valence-electron chi connectivity index (χ3n) is 3.96. The minimum absolute atomic E-state index is 0.679. The lowest BCUT2D eigenvalue weighted by Gasteiger charge is -2.27. The highest BCUT2D eigenvalue weighted by Crippen LogP contribution is 2.31. The van der Waals surface area contributed by atoms with Gasteiger partial charge < -0.3 is 9.88 Å². The van der Waals surface area contributed by atoms with E-state index < -0.39 is 0 Å². The highest BCUT2D eigenvalue weighted by Gasteiger charge is 2.25. The second-order valence-electron chi connectivity index (χ2n) is 5.20. The smallest absolute Gasteiger partial charge is 0.133 e. The maximum Gasteiger partial charge on any atom is 0.133 e. The van der Waals surface area contributed by atoms with Gasteiger partial charge in [0.15, 0.2) is 0 Å². The number of nitrogens with zero attached hydrogens (tertiary/aromatic N) is 3. The topological polar surface area (TPSA) is 42.7 Å². The zero-order valence-corrected chi connectivity index (χ0v) is 9.95. The van der Waals surface area contributed by atoms with Crippen LogP contribution in [0.15, 0.2) is 0 Å². The first kappa shape index (κ1) is 10.3. The molecule has 4 heteroatoms. The second kappa shape index (κ2) is 4.17. The van der Waals surface area contributed by atoms with Crippen molar-refractivity contribution in [1.82, 2.24) is 20.1 Å². The van der Waals surface area contributed by atoms with Crippen molar-refractivity contribution in [2.45, 2.75) is 45.1 Å². The SMILES string of the molecule is Cc1nnc(CC2CNC2)n1C1CCCC1.